The molecule has 0 aliphatic rings. The van der Waals surface area contributed by atoms with Crippen molar-refractivity contribution < 1.29 is 4.79 Å². The zero-order chi connectivity index (χ0) is 18.5. The van der Waals surface area contributed by atoms with Gasteiger partial charge in [-0.05, 0) is 55.0 Å². The zero-order valence-corrected chi connectivity index (χ0v) is 14.7. The van der Waals surface area contributed by atoms with Gasteiger partial charge in [-0.2, -0.15) is 5.26 Å². The number of aryl methyl sites for hydroxylation is 1. The van der Waals surface area contributed by atoms with Crippen molar-refractivity contribution in [2.45, 2.75) is 6.92 Å². The van der Waals surface area contributed by atoms with Crippen LogP contribution in [0.5, 0.6) is 0 Å². The summed E-state index contributed by atoms with van der Waals surface area (Å²) >= 11 is 6.09. The standard InChI is InChI=1S/C20H15ClN4O/c1-13-2-5-17(9-19(13)21)25-20(26)15-8-18(12-23-11-15)24-16-6-3-14(10-22)4-7-16/h2-9,11-12,24H,1H3,(H,25,26). The van der Waals surface area contributed by atoms with Crippen LogP contribution in [0.4, 0.5) is 17.1 Å². The number of nitrogens with zero attached hydrogens (tertiary/aromatic N) is 2. The second-order valence-electron chi connectivity index (χ2n) is 5.69. The molecule has 0 aliphatic carbocycles. The average molecular weight is 363 g/mol. The van der Waals surface area contributed by atoms with E-state index in [2.05, 4.69) is 21.7 Å². The van der Waals surface area contributed by atoms with Crippen LogP contribution in [-0.4, -0.2) is 10.9 Å². The summed E-state index contributed by atoms with van der Waals surface area (Å²) in [6.07, 6.45) is 3.12. The van der Waals surface area contributed by atoms with Crippen molar-refractivity contribution in [1.29, 1.82) is 5.26 Å². The first-order valence-electron chi connectivity index (χ1n) is 7.85. The van der Waals surface area contributed by atoms with Crippen LogP contribution in [-0.2, 0) is 0 Å². The summed E-state index contributed by atoms with van der Waals surface area (Å²) in [5, 5.41) is 15.4. The van der Waals surface area contributed by atoms with E-state index >= 15 is 0 Å². The molecular formula is C20H15ClN4O. The Labute approximate surface area is 156 Å². The van der Waals surface area contributed by atoms with Gasteiger partial charge < -0.3 is 10.6 Å². The van der Waals surface area contributed by atoms with Gasteiger partial charge in [0, 0.05) is 22.6 Å². The number of pyridine rings is 1. The van der Waals surface area contributed by atoms with Gasteiger partial charge in [0.2, 0.25) is 0 Å². The molecule has 0 fully saturated rings. The number of carbonyl (C=O) groups is 1. The van der Waals surface area contributed by atoms with Gasteiger partial charge in [-0.1, -0.05) is 17.7 Å². The summed E-state index contributed by atoms with van der Waals surface area (Å²) in [5.41, 5.74) is 4.04. The molecule has 0 bridgehead atoms. The number of hydrogen-bond acceptors (Lipinski definition) is 4. The molecule has 128 valence electrons. The molecule has 0 radical (unpaired) electrons. The number of rotatable bonds is 4. The molecule has 26 heavy (non-hydrogen) atoms. The molecular weight excluding hydrogens is 348 g/mol. The van der Waals surface area contributed by atoms with Crippen LogP contribution in [0.25, 0.3) is 0 Å². The molecule has 0 aliphatic heterocycles. The van der Waals surface area contributed by atoms with Crippen molar-refractivity contribution >= 4 is 34.6 Å². The third kappa shape index (κ3) is 4.18. The Morgan fingerprint density at radius 2 is 1.77 bits per heavy atom. The lowest BCUT2D eigenvalue weighted by Crippen LogP contribution is -2.12. The number of aromatic nitrogens is 1. The van der Waals surface area contributed by atoms with Crippen molar-refractivity contribution in [3.05, 3.63) is 82.6 Å². The quantitative estimate of drug-likeness (QED) is 0.691. The number of carbonyl (C=O) groups excluding carboxylic acids is 1. The molecule has 0 atom stereocenters. The molecule has 2 N–H and O–H groups in total. The first-order valence-corrected chi connectivity index (χ1v) is 8.23. The van der Waals surface area contributed by atoms with Crippen molar-refractivity contribution in [2.75, 3.05) is 10.6 Å². The van der Waals surface area contributed by atoms with Gasteiger partial charge in [-0.15, -0.1) is 0 Å². The van der Waals surface area contributed by atoms with E-state index < -0.39 is 0 Å². The van der Waals surface area contributed by atoms with Crippen LogP contribution in [0.15, 0.2) is 60.9 Å². The number of halogens is 1. The molecule has 5 nitrogen and oxygen atoms in total. The van der Waals surface area contributed by atoms with Crippen LogP contribution in [0.3, 0.4) is 0 Å². The molecule has 2 aromatic carbocycles. The molecule has 1 heterocycles. The van der Waals surface area contributed by atoms with Crippen LogP contribution < -0.4 is 10.6 Å². The van der Waals surface area contributed by atoms with E-state index in [-0.39, 0.29) is 5.91 Å². The molecule has 3 rings (SSSR count). The van der Waals surface area contributed by atoms with Crippen molar-refractivity contribution in [3.8, 4) is 6.07 Å². The van der Waals surface area contributed by atoms with Crippen molar-refractivity contribution in [3.63, 3.8) is 0 Å². The second-order valence-corrected chi connectivity index (χ2v) is 6.10. The minimum absolute atomic E-state index is 0.277. The fourth-order valence-electron chi connectivity index (χ4n) is 2.30. The Morgan fingerprint density at radius 3 is 2.46 bits per heavy atom. The van der Waals surface area contributed by atoms with E-state index in [1.807, 2.05) is 13.0 Å². The summed E-state index contributed by atoms with van der Waals surface area (Å²) in [6.45, 7) is 1.90. The minimum atomic E-state index is -0.277. The van der Waals surface area contributed by atoms with E-state index in [0.717, 1.165) is 11.3 Å². The van der Waals surface area contributed by atoms with Crippen LogP contribution >= 0.6 is 11.6 Å². The van der Waals surface area contributed by atoms with Gasteiger partial charge in [-0.3, -0.25) is 9.78 Å². The summed E-state index contributed by atoms with van der Waals surface area (Å²) in [6, 6.07) is 16.1. The fourth-order valence-corrected chi connectivity index (χ4v) is 2.48. The van der Waals surface area contributed by atoms with Gasteiger partial charge >= 0.3 is 0 Å². The van der Waals surface area contributed by atoms with Gasteiger partial charge in [-0.25, -0.2) is 0 Å². The molecule has 1 aromatic heterocycles. The summed E-state index contributed by atoms with van der Waals surface area (Å²) in [7, 11) is 0. The Bertz CT molecular complexity index is 993. The number of hydrogen-bond donors (Lipinski definition) is 2. The molecule has 3 aromatic rings. The van der Waals surface area contributed by atoms with Crippen molar-refractivity contribution in [1.82, 2.24) is 4.98 Å². The lowest BCUT2D eigenvalue weighted by Gasteiger charge is -2.09. The average Bonchev–Trinajstić information content (AvgIpc) is 2.65. The Morgan fingerprint density at radius 1 is 1.04 bits per heavy atom. The Hall–Kier alpha value is -3.36. The predicted octanol–water partition coefficient (Wildman–Crippen LogP) is 4.91. The third-order valence-electron chi connectivity index (χ3n) is 3.73. The third-order valence-corrected chi connectivity index (χ3v) is 4.14. The maximum atomic E-state index is 12.4. The van der Waals surface area contributed by atoms with Crippen LogP contribution in [0.1, 0.15) is 21.5 Å². The molecule has 1 amide bonds. The molecule has 0 saturated carbocycles. The summed E-state index contributed by atoms with van der Waals surface area (Å²) in [4.78, 5) is 16.5. The maximum absolute atomic E-state index is 12.4. The van der Waals surface area contributed by atoms with E-state index in [0.29, 0.717) is 27.5 Å². The highest BCUT2D eigenvalue weighted by molar-refractivity contribution is 6.31. The molecule has 6 heteroatoms. The maximum Gasteiger partial charge on any atom is 0.257 e. The van der Waals surface area contributed by atoms with Gasteiger partial charge in [0.1, 0.15) is 0 Å². The molecule has 0 spiro atoms. The smallest absolute Gasteiger partial charge is 0.257 e. The Balaban J connectivity index is 1.74. The fraction of sp³-hybridized carbons (Fsp3) is 0.0500. The summed E-state index contributed by atoms with van der Waals surface area (Å²) < 4.78 is 0. The van der Waals surface area contributed by atoms with E-state index in [4.69, 9.17) is 16.9 Å². The topological polar surface area (TPSA) is 77.8 Å². The largest absolute Gasteiger partial charge is 0.354 e. The van der Waals surface area contributed by atoms with E-state index in [1.54, 1.807) is 48.7 Å². The van der Waals surface area contributed by atoms with E-state index in [9.17, 15) is 4.79 Å². The van der Waals surface area contributed by atoms with E-state index in [1.165, 1.54) is 6.20 Å². The first-order chi connectivity index (χ1) is 12.5. The number of benzene rings is 2. The predicted molar refractivity (Wildman–Crippen MR) is 103 cm³/mol. The highest BCUT2D eigenvalue weighted by atomic mass is 35.5. The number of nitrogens with one attached hydrogen (secondary N) is 2. The SMILES string of the molecule is Cc1ccc(NC(=O)c2cncc(Nc3ccc(C#N)cc3)c2)cc1Cl. The van der Waals surface area contributed by atoms with Crippen molar-refractivity contribution in [2.24, 2.45) is 0 Å². The second kappa shape index (κ2) is 7.68. The number of anilines is 3. The van der Waals surface area contributed by atoms with Crippen LogP contribution in [0, 0.1) is 18.3 Å². The monoisotopic (exact) mass is 362 g/mol. The highest BCUT2D eigenvalue weighted by Crippen LogP contribution is 2.21. The number of nitriles is 1. The van der Waals surface area contributed by atoms with Gasteiger partial charge in [0.15, 0.2) is 0 Å². The van der Waals surface area contributed by atoms with Crippen LogP contribution in [0.2, 0.25) is 5.02 Å². The minimum Gasteiger partial charge on any atom is -0.354 e. The van der Waals surface area contributed by atoms with Gasteiger partial charge in [0.05, 0.1) is 29.1 Å². The Kier molecular flexibility index (Phi) is 5.16. The first kappa shape index (κ1) is 17.5. The normalized spacial score (nSPS) is 10.0. The zero-order valence-electron chi connectivity index (χ0n) is 14.0. The van der Waals surface area contributed by atoms with Gasteiger partial charge in [0.25, 0.3) is 5.91 Å². The molecule has 0 unspecified atom stereocenters. The summed E-state index contributed by atoms with van der Waals surface area (Å²) in [5.74, 6) is -0.277. The lowest BCUT2D eigenvalue weighted by molar-refractivity contribution is 0.102. The highest BCUT2D eigenvalue weighted by Gasteiger charge is 2.09. The number of amides is 1. The lowest BCUT2D eigenvalue weighted by atomic mass is 10.2. The molecule has 0 saturated heterocycles.